The molecule has 0 aromatic carbocycles. The Balaban J connectivity index is -0.000000605. The highest BCUT2D eigenvalue weighted by molar-refractivity contribution is 5.85. The molecule has 0 saturated carbocycles. The van der Waals surface area contributed by atoms with Crippen molar-refractivity contribution in [3.8, 4) is 0 Å². The highest BCUT2D eigenvalue weighted by Gasteiger charge is 2.38. The van der Waals surface area contributed by atoms with Crippen LogP contribution in [0, 0.1) is 0 Å². The summed E-state index contributed by atoms with van der Waals surface area (Å²) in [7, 11) is 1.13. The maximum Gasteiger partial charge on any atom is 0.334 e. The van der Waals surface area contributed by atoms with Crippen LogP contribution in [0.25, 0.3) is 0 Å². The number of carbonyl (C=O) groups is 1. The summed E-state index contributed by atoms with van der Waals surface area (Å²) >= 11 is 0. The van der Waals surface area contributed by atoms with Gasteiger partial charge in [-0.25, -0.2) is 9.18 Å². The molecule has 0 saturated heterocycles. The topological polar surface area (TPSA) is 78.3 Å². The summed E-state index contributed by atoms with van der Waals surface area (Å²) in [5, 5.41) is 0. The van der Waals surface area contributed by atoms with E-state index in [9.17, 15) is 9.18 Å². The van der Waals surface area contributed by atoms with Crippen molar-refractivity contribution in [2.24, 2.45) is 11.5 Å². The van der Waals surface area contributed by atoms with Crippen LogP contribution in [0.5, 0.6) is 0 Å². The van der Waals surface area contributed by atoms with Crippen molar-refractivity contribution in [1.82, 2.24) is 0 Å². The van der Waals surface area contributed by atoms with Crippen molar-refractivity contribution in [2.45, 2.75) is 12.5 Å². The molecule has 0 aromatic rings. The molecule has 14 heavy (non-hydrogen) atoms. The molecule has 1 unspecified atom stereocenters. The van der Waals surface area contributed by atoms with Crippen molar-refractivity contribution in [2.75, 3.05) is 13.8 Å². The monoisotopic (exact) mass is 248 g/mol. The van der Waals surface area contributed by atoms with Gasteiger partial charge in [-0.15, -0.1) is 24.8 Å². The minimum atomic E-state index is -1.83. The number of alkyl halides is 1. The number of hydrogen-bond acceptors (Lipinski definition) is 4. The zero-order valence-corrected chi connectivity index (χ0v) is 9.58. The molecular weight excluding hydrogens is 234 g/mol. The Morgan fingerprint density at radius 2 is 2.00 bits per heavy atom. The lowest BCUT2D eigenvalue weighted by Crippen LogP contribution is -2.54. The van der Waals surface area contributed by atoms with Gasteiger partial charge in [0.2, 0.25) is 0 Å². The van der Waals surface area contributed by atoms with Gasteiger partial charge in [-0.1, -0.05) is 6.08 Å². The molecule has 0 aliphatic heterocycles. The van der Waals surface area contributed by atoms with Gasteiger partial charge < -0.3 is 16.2 Å². The molecule has 0 fully saturated rings. The second kappa shape index (κ2) is 7.84. The summed E-state index contributed by atoms with van der Waals surface area (Å²) in [5.41, 5.74) is 8.84. The number of carbonyl (C=O) groups excluding carboxylic acids is 1. The van der Waals surface area contributed by atoms with Crippen LogP contribution < -0.4 is 11.5 Å². The van der Waals surface area contributed by atoms with E-state index in [0.717, 1.165) is 7.11 Å². The summed E-state index contributed by atoms with van der Waals surface area (Å²) in [6.45, 7) is 0.491. The number of allylic oxidation sites excluding steroid dienone is 1. The molecule has 0 heterocycles. The lowest BCUT2D eigenvalue weighted by Gasteiger charge is -2.23. The van der Waals surface area contributed by atoms with E-state index in [1.807, 2.05) is 0 Å². The van der Waals surface area contributed by atoms with Gasteiger partial charge in [0, 0.05) is 5.70 Å². The SMILES string of the molecule is CC=C(N)C(N)(CF)C(=O)OC.Cl.Cl. The first-order chi connectivity index (χ1) is 5.52. The molecule has 86 valence electrons. The van der Waals surface area contributed by atoms with Gasteiger partial charge in [-0.2, -0.15) is 0 Å². The average molecular weight is 249 g/mol. The van der Waals surface area contributed by atoms with Crippen molar-refractivity contribution in [3.05, 3.63) is 11.8 Å². The summed E-state index contributed by atoms with van der Waals surface area (Å²) < 4.78 is 16.7. The molecule has 4 N–H and O–H groups in total. The maximum atomic E-state index is 12.4. The predicted octanol–water partition coefficient (Wildman–Crippen LogP) is 0.533. The molecule has 0 aliphatic rings. The fourth-order valence-corrected chi connectivity index (χ4v) is 0.689. The van der Waals surface area contributed by atoms with E-state index >= 15 is 0 Å². The normalized spacial score (nSPS) is 14.4. The fourth-order valence-electron chi connectivity index (χ4n) is 0.689. The molecule has 4 nitrogen and oxygen atoms in total. The van der Waals surface area contributed by atoms with E-state index in [2.05, 4.69) is 4.74 Å². The molecule has 0 amide bonds. The summed E-state index contributed by atoms with van der Waals surface area (Å²) in [4.78, 5) is 11.0. The van der Waals surface area contributed by atoms with Crippen LogP contribution in [0.2, 0.25) is 0 Å². The predicted molar refractivity (Wildman–Crippen MR) is 57.3 cm³/mol. The van der Waals surface area contributed by atoms with E-state index in [1.165, 1.54) is 6.08 Å². The van der Waals surface area contributed by atoms with Gasteiger partial charge >= 0.3 is 5.97 Å². The molecule has 0 radical (unpaired) electrons. The van der Waals surface area contributed by atoms with Crippen LogP contribution in [0.1, 0.15) is 6.92 Å². The molecular formula is C7H15Cl2FN2O2. The third-order valence-corrected chi connectivity index (χ3v) is 1.59. The first-order valence-corrected chi connectivity index (χ1v) is 3.38. The highest BCUT2D eigenvalue weighted by Crippen LogP contribution is 2.11. The first-order valence-electron chi connectivity index (χ1n) is 3.38. The molecule has 0 spiro atoms. The van der Waals surface area contributed by atoms with E-state index in [0.29, 0.717) is 0 Å². The summed E-state index contributed by atoms with van der Waals surface area (Å²) in [6.07, 6.45) is 1.37. The molecule has 0 aliphatic carbocycles. The smallest absolute Gasteiger partial charge is 0.334 e. The van der Waals surface area contributed by atoms with Crippen molar-refractivity contribution in [1.29, 1.82) is 0 Å². The lowest BCUT2D eigenvalue weighted by atomic mass is 9.99. The van der Waals surface area contributed by atoms with E-state index in [-0.39, 0.29) is 30.5 Å². The number of nitrogens with two attached hydrogens (primary N) is 2. The third kappa shape index (κ3) is 3.69. The van der Waals surface area contributed by atoms with Crippen LogP contribution in [0.15, 0.2) is 11.8 Å². The van der Waals surface area contributed by atoms with Gasteiger partial charge in [-0.05, 0) is 6.92 Å². The Labute approximate surface area is 94.7 Å². The first kappa shape index (κ1) is 19.1. The standard InChI is InChI=1S/C7H13FN2O2.2ClH/c1-3-5(9)7(10,4-8)6(11)12-2;;/h3H,4,9-10H2,1-2H3;2*1H. The zero-order chi connectivity index (χ0) is 9.78. The quantitative estimate of drug-likeness (QED) is 0.715. The fraction of sp³-hybridized carbons (Fsp3) is 0.571. The number of rotatable bonds is 3. The number of methoxy groups -OCH3 is 1. The number of hydrogen-bond donors (Lipinski definition) is 2. The van der Waals surface area contributed by atoms with Crippen molar-refractivity contribution in [3.63, 3.8) is 0 Å². The van der Waals surface area contributed by atoms with Crippen LogP contribution in [-0.4, -0.2) is 25.3 Å². The van der Waals surface area contributed by atoms with Gasteiger partial charge in [0.15, 0.2) is 5.54 Å². The van der Waals surface area contributed by atoms with Gasteiger partial charge in [0.25, 0.3) is 0 Å². The second-order valence-electron chi connectivity index (χ2n) is 2.34. The largest absolute Gasteiger partial charge is 0.467 e. The van der Waals surface area contributed by atoms with Crippen molar-refractivity contribution >= 4 is 30.8 Å². The van der Waals surface area contributed by atoms with Crippen LogP contribution in [-0.2, 0) is 9.53 Å². The van der Waals surface area contributed by atoms with Crippen LogP contribution >= 0.6 is 24.8 Å². The molecule has 0 rings (SSSR count). The van der Waals surface area contributed by atoms with Gasteiger partial charge in [-0.3, -0.25) is 0 Å². The van der Waals surface area contributed by atoms with E-state index < -0.39 is 18.2 Å². The highest BCUT2D eigenvalue weighted by atomic mass is 35.5. The minimum Gasteiger partial charge on any atom is -0.467 e. The Morgan fingerprint density at radius 3 is 2.21 bits per heavy atom. The molecule has 0 aromatic heterocycles. The van der Waals surface area contributed by atoms with Gasteiger partial charge in [0.1, 0.15) is 6.67 Å². The maximum absolute atomic E-state index is 12.4. The number of esters is 1. The Bertz CT molecular complexity index is 214. The molecule has 0 bridgehead atoms. The van der Waals surface area contributed by atoms with Crippen LogP contribution in [0.3, 0.4) is 0 Å². The Hall–Kier alpha value is -0.520. The molecule has 7 heteroatoms. The number of halogens is 3. The lowest BCUT2D eigenvalue weighted by molar-refractivity contribution is -0.146. The van der Waals surface area contributed by atoms with E-state index in [4.69, 9.17) is 11.5 Å². The van der Waals surface area contributed by atoms with Crippen molar-refractivity contribution < 1.29 is 13.9 Å². The molecule has 1 atom stereocenters. The summed E-state index contributed by atoms with van der Waals surface area (Å²) in [6, 6.07) is 0. The van der Waals surface area contributed by atoms with E-state index in [1.54, 1.807) is 6.92 Å². The number of ether oxygens (including phenoxy) is 1. The third-order valence-electron chi connectivity index (χ3n) is 1.59. The van der Waals surface area contributed by atoms with Crippen LogP contribution in [0.4, 0.5) is 4.39 Å². The second-order valence-corrected chi connectivity index (χ2v) is 2.34. The summed E-state index contributed by atoms with van der Waals surface area (Å²) in [5.74, 6) is -0.874. The van der Waals surface area contributed by atoms with Gasteiger partial charge in [0.05, 0.1) is 7.11 Å². The minimum absolute atomic E-state index is 0. The Kier molecular flexibility index (Phi) is 10.7. The Morgan fingerprint density at radius 1 is 1.57 bits per heavy atom. The average Bonchev–Trinajstić information content (AvgIpc) is 2.13. The zero-order valence-electron chi connectivity index (χ0n) is 7.95.